The first-order valence-corrected chi connectivity index (χ1v) is 5.38. The van der Waals surface area contributed by atoms with Gasteiger partial charge < -0.3 is 10.2 Å². The van der Waals surface area contributed by atoms with Crippen LogP contribution in [0.2, 0.25) is 0 Å². The fraction of sp³-hybridized carbons (Fsp3) is 0.333. The minimum Gasteiger partial charge on any atom is -0.464 e. The van der Waals surface area contributed by atoms with Crippen molar-refractivity contribution >= 4 is 17.4 Å². The van der Waals surface area contributed by atoms with Crippen molar-refractivity contribution < 1.29 is 14.3 Å². The Morgan fingerprint density at radius 3 is 2.47 bits per heavy atom. The highest BCUT2D eigenvalue weighted by Gasteiger charge is 2.23. The van der Waals surface area contributed by atoms with Crippen LogP contribution >= 0.6 is 0 Å². The van der Waals surface area contributed by atoms with E-state index in [1.165, 1.54) is 6.92 Å². The Morgan fingerprint density at radius 1 is 1.29 bits per heavy atom. The van der Waals surface area contributed by atoms with Gasteiger partial charge in [-0.05, 0) is 26.0 Å². The lowest BCUT2D eigenvalue weighted by Gasteiger charge is -2.15. The highest BCUT2D eigenvalue weighted by atomic mass is 16.5. The van der Waals surface area contributed by atoms with Crippen LogP contribution < -0.4 is 10.9 Å². The third-order valence-corrected chi connectivity index (χ3v) is 2.06. The molecule has 92 valence electrons. The number of Topliss-reactive ketones (excluding diaryl/α,β-unsaturated/α-hetero) is 1. The van der Waals surface area contributed by atoms with E-state index >= 15 is 0 Å². The normalized spacial score (nSPS) is 11.6. The maximum atomic E-state index is 11.5. The van der Waals surface area contributed by atoms with Gasteiger partial charge in [0.2, 0.25) is 0 Å². The molecule has 0 saturated carbocycles. The number of carbonyl (C=O) groups is 2. The summed E-state index contributed by atoms with van der Waals surface area (Å²) in [4.78, 5) is 22.7. The van der Waals surface area contributed by atoms with Crippen molar-refractivity contribution in [3.63, 3.8) is 0 Å². The van der Waals surface area contributed by atoms with Crippen molar-refractivity contribution in [3.8, 4) is 0 Å². The number of rotatable bonds is 6. The second-order valence-electron chi connectivity index (χ2n) is 3.43. The van der Waals surface area contributed by atoms with Gasteiger partial charge in [-0.2, -0.15) is 0 Å². The molecule has 0 fully saturated rings. The Balaban J connectivity index is 2.56. The summed E-state index contributed by atoms with van der Waals surface area (Å²) in [6.45, 7) is 3.27. The van der Waals surface area contributed by atoms with Crippen molar-refractivity contribution in [2.75, 3.05) is 12.0 Å². The van der Waals surface area contributed by atoms with Crippen LogP contribution in [0.1, 0.15) is 13.8 Å². The number of ether oxygens (including phenoxy) is 1. The second kappa shape index (κ2) is 6.65. The zero-order valence-corrected chi connectivity index (χ0v) is 9.90. The molecule has 5 nitrogen and oxygen atoms in total. The van der Waals surface area contributed by atoms with Crippen molar-refractivity contribution in [1.29, 1.82) is 0 Å². The van der Waals surface area contributed by atoms with E-state index in [-0.39, 0.29) is 12.4 Å². The van der Waals surface area contributed by atoms with E-state index in [4.69, 9.17) is 4.74 Å². The van der Waals surface area contributed by atoms with E-state index < -0.39 is 12.0 Å². The molecule has 0 amide bonds. The Bertz CT molecular complexity index is 379. The molecule has 0 radical (unpaired) electrons. The van der Waals surface area contributed by atoms with E-state index in [9.17, 15) is 9.59 Å². The van der Waals surface area contributed by atoms with Crippen LogP contribution in [0.3, 0.4) is 0 Å². The zero-order valence-electron chi connectivity index (χ0n) is 9.90. The standard InChI is InChI=1S/C12H16N2O3/c1-3-17-12(16)11(9(2)15)14-13-10-7-5-4-6-8-10/h4-8,11,13-14H,3H2,1-2H3. The number of carbonyl (C=O) groups excluding carboxylic acids is 2. The highest BCUT2D eigenvalue weighted by molar-refractivity contribution is 6.02. The number of ketones is 1. The van der Waals surface area contributed by atoms with E-state index in [0.29, 0.717) is 0 Å². The van der Waals surface area contributed by atoms with E-state index in [2.05, 4.69) is 10.9 Å². The van der Waals surface area contributed by atoms with Gasteiger partial charge in [-0.3, -0.25) is 4.79 Å². The van der Waals surface area contributed by atoms with Gasteiger partial charge in [0, 0.05) is 5.69 Å². The van der Waals surface area contributed by atoms with E-state index in [1.54, 1.807) is 6.92 Å². The predicted octanol–water partition coefficient (Wildman–Crippen LogP) is 1.12. The van der Waals surface area contributed by atoms with Crippen LogP contribution in [0.4, 0.5) is 5.69 Å². The molecular formula is C12H16N2O3. The second-order valence-corrected chi connectivity index (χ2v) is 3.43. The maximum absolute atomic E-state index is 11.5. The Morgan fingerprint density at radius 2 is 1.94 bits per heavy atom. The number of para-hydroxylation sites is 1. The maximum Gasteiger partial charge on any atom is 0.332 e. The molecule has 0 heterocycles. The first kappa shape index (κ1) is 13.2. The summed E-state index contributed by atoms with van der Waals surface area (Å²) >= 11 is 0. The number of anilines is 1. The summed E-state index contributed by atoms with van der Waals surface area (Å²) in [5.41, 5.74) is 6.21. The lowest BCUT2D eigenvalue weighted by Crippen LogP contribution is -2.46. The molecular weight excluding hydrogens is 220 g/mol. The summed E-state index contributed by atoms with van der Waals surface area (Å²) in [5.74, 6) is -0.879. The molecule has 0 aromatic heterocycles. The average Bonchev–Trinajstić information content (AvgIpc) is 2.30. The molecule has 0 saturated heterocycles. The molecule has 5 heteroatoms. The van der Waals surface area contributed by atoms with Crippen LogP contribution in [0.15, 0.2) is 30.3 Å². The topological polar surface area (TPSA) is 67.4 Å². The lowest BCUT2D eigenvalue weighted by molar-refractivity contribution is -0.148. The number of nitrogens with one attached hydrogen (secondary N) is 2. The molecule has 0 aliphatic rings. The van der Waals surface area contributed by atoms with Gasteiger partial charge in [0.15, 0.2) is 11.8 Å². The monoisotopic (exact) mass is 236 g/mol. The van der Waals surface area contributed by atoms with Gasteiger partial charge in [-0.25, -0.2) is 10.2 Å². The largest absolute Gasteiger partial charge is 0.464 e. The van der Waals surface area contributed by atoms with Crippen LogP contribution in [0.5, 0.6) is 0 Å². The van der Waals surface area contributed by atoms with Gasteiger partial charge in [0.05, 0.1) is 6.61 Å². The highest BCUT2D eigenvalue weighted by Crippen LogP contribution is 2.03. The zero-order chi connectivity index (χ0) is 12.7. The van der Waals surface area contributed by atoms with Crippen molar-refractivity contribution in [3.05, 3.63) is 30.3 Å². The Labute approximate surface area is 100 Å². The third kappa shape index (κ3) is 4.24. The Hall–Kier alpha value is -1.88. The van der Waals surface area contributed by atoms with Crippen LogP contribution in [0, 0.1) is 0 Å². The molecule has 0 spiro atoms. The SMILES string of the molecule is CCOC(=O)C(NNc1ccccc1)C(C)=O. The summed E-state index contributed by atoms with van der Waals surface area (Å²) < 4.78 is 4.79. The minimum absolute atomic E-state index is 0.246. The number of benzene rings is 1. The van der Waals surface area contributed by atoms with Crippen LogP contribution in [-0.4, -0.2) is 24.4 Å². The number of hydrazine groups is 1. The van der Waals surface area contributed by atoms with Gasteiger partial charge >= 0.3 is 5.97 Å². The van der Waals surface area contributed by atoms with Crippen LogP contribution in [0.25, 0.3) is 0 Å². The molecule has 0 aliphatic heterocycles. The molecule has 1 rings (SSSR count). The molecule has 1 atom stereocenters. The van der Waals surface area contributed by atoms with Gasteiger partial charge in [0.1, 0.15) is 0 Å². The molecule has 0 bridgehead atoms. The first-order valence-electron chi connectivity index (χ1n) is 5.38. The van der Waals surface area contributed by atoms with Crippen molar-refractivity contribution in [1.82, 2.24) is 5.43 Å². The fourth-order valence-electron chi connectivity index (χ4n) is 1.23. The summed E-state index contributed by atoms with van der Waals surface area (Å²) in [5, 5.41) is 0. The predicted molar refractivity (Wildman–Crippen MR) is 64.3 cm³/mol. The van der Waals surface area contributed by atoms with Gasteiger partial charge in [-0.15, -0.1) is 0 Å². The number of hydrogen-bond donors (Lipinski definition) is 2. The third-order valence-electron chi connectivity index (χ3n) is 2.06. The quantitative estimate of drug-likeness (QED) is 0.440. The number of esters is 1. The Kier molecular flexibility index (Phi) is 5.16. The smallest absolute Gasteiger partial charge is 0.332 e. The van der Waals surface area contributed by atoms with E-state index in [1.807, 2.05) is 30.3 Å². The van der Waals surface area contributed by atoms with E-state index in [0.717, 1.165) is 5.69 Å². The fourth-order valence-corrected chi connectivity index (χ4v) is 1.23. The van der Waals surface area contributed by atoms with Crippen LogP contribution in [-0.2, 0) is 14.3 Å². The molecule has 1 aromatic carbocycles. The van der Waals surface area contributed by atoms with Crippen molar-refractivity contribution in [2.24, 2.45) is 0 Å². The molecule has 1 unspecified atom stereocenters. The van der Waals surface area contributed by atoms with Crippen molar-refractivity contribution in [2.45, 2.75) is 19.9 Å². The van der Waals surface area contributed by atoms with Gasteiger partial charge in [-0.1, -0.05) is 18.2 Å². The lowest BCUT2D eigenvalue weighted by atomic mass is 10.2. The van der Waals surface area contributed by atoms with Gasteiger partial charge in [0.25, 0.3) is 0 Å². The molecule has 0 aliphatic carbocycles. The minimum atomic E-state index is -0.991. The summed E-state index contributed by atoms with van der Waals surface area (Å²) in [6.07, 6.45) is 0. The molecule has 17 heavy (non-hydrogen) atoms. The summed E-state index contributed by atoms with van der Waals surface area (Å²) in [7, 11) is 0. The first-order chi connectivity index (χ1) is 8.15. The average molecular weight is 236 g/mol. The molecule has 1 aromatic rings. The number of hydrogen-bond acceptors (Lipinski definition) is 5. The molecule has 2 N–H and O–H groups in total. The summed E-state index contributed by atoms with van der Waals surface area (Å²) in [6, 6.07) is 8.20.